The second kappa shape index (κ2) is 16.0. The monoisotopic (exact) mass is 558 g/mol. The molecule has 0 saturated carbocycles. The number of carboxylic acids is 1. The molecule has 1 aromatic heterocycles. The number of hydrogen-bond donors (Lipinski definition) is 7. The van der Waals surface area contributed by atoms with Crippen LogP contribution in [0.25, 0.3) is 10.9 Å². The topological polar surface area (TPSA) is 192 Å². The quantitative estimate of drug-likeness (QED) is 0.144. The van der Waals surface area contributed by atoms with Crippen LogP contribution in [0.4, 0.5) is 0 Å². The van der Waals surface area contributed by atoms with Crippen LogP contribution in [0, 0.1) is 11.8 Å². The molecule has 11 heteroatoms. The van der Waals surface area contributed by atoms with Crippen molar-refractivity contribution in [2.24, 2.45) is 23.3 Å². The van der Waals surface area contributed by atoms with Crippen molar-refractivity contribution in [3.63, 3.8) is 0 Å². The fraction of sp³-hybridized carbons (Fsp3) is 0.586. The van der Waals surface area contributed by atoms with Gasteiger partial charge < -0.3 is 37.5 Å². The lowest BCUT2D eigenvalue weighted by atomic mass is 9.95. The molecule has 0 fully saturated rings. The van der Waals surface area contributed by atoms with Crippen LogP contribution in [-0.2, 0) is 25.6 Å². The third kappa shape index (κ3) is 9.06. The third-order valence-corrected chi connectivity index (χ3v) is 7.60. The SMILES string of the molecule is CCC(C)C(NC(=O)C(NC(=O)C(CCCCN)NC(=O)C(N)Cc1c[nH]c2ccccc12)C(C)CC)C(=O)O. The minimum absolute atomic E-state index is 0.275. The number of aliphatic carboxylic acids is 1. The molecule has 6 unspecified atom stereocenters. The van der Waals surface area contributed by atoms with Gasteiger partial charge in [-0.25, -0.2) is 4.79 Å². The summed E-state index contributed by atoms with van der Waals surface area (Å²) >= 11 is 0. The van der Waals surface area contributed by atoms with Gasteiger partial charge in [0, 0.05) is 17.1 Å². The van der Waals surface area contributed by atoms with E-state index in [9.17, 15) is 24.3 Å². The van der Waals surface area contributed by atoms with Gasteiger partial charge in [-0.05, 0) is 55.7 Å². The number of nitrogens with two attached hydrogens (primary N) is 2. The van der Waals surface area contributed by atoms with E-state index in [0.717, 1.165) is 16.5 Å². The van der Waals surface area contributed by atoms with Crippen molar-refractivity contribution in [2.75, 3.05) is 6.54 Å². The van der Waals surface area contributed by atoms with Crippen molar-refractivity contribution in [3.8, 4) is 0 Å². The molecular weight excluding hydrogens is 512 g/mol. The number of unbranched alkanes of at least 4 members (excludes halogenated alkanes) is 1. The maximum absolute atomic E-state index is 13.4. The van der Waals surface area contributed by atoms with Crippen molar-refractivity contribution >= 4 is 34.6 Å². The van der Waals surface area contributed by atoms with Crippen LogP contribution in [0.1, 0.15) is 65.4 Å². The number of hydrogen-bond acceptors (Lipinski definition) is 6. The Hall–Kier alpha value is -3.44. The van der Waals surface area contributed by atoms with Crippen LogP contribution in [0.2, 0.25) is 0 Å². The molecule has 1 aromatic carbocycles. The summed E-state index contributed by atoms with van der Waals surface area (Å²) < 4.78 is 0. The first kappa shape index (κ1) is 32.8. The fourth-order valence-electron chi connectivity index (χ4n) is 4.55. The van der Waals surface area contributed by atoms with Crippen LogP contribution in [0.3, 0.4) is 0 Å². The standard InChI is InChI=1S/C29H46N6O5/c1-5-17(3)24(28(38)35-25(29(39)40)18(4)6-2)34-27(37)23(13-9-10-14-30)33-26(36)21(31)15-19-16-32-22-12-8-7-11-20(19)22/h7-8,11-12,16-18,21,23-25,32H,5-6,9-10,13-15,30-31H2,1-4H3,(H,33,36)(H,34,37)(H,35,38)(H,39,40). The lowest BCUT2D eigenvalue weighted by Gasteiger charge is -2.29. The number of aromatic amines is 1. The van der Waals surface area contributed by atoms with Crippen LogP contribution in [0.5, 0.6) is 0 Å². The minimum atomic E-state index is -1.13. The van der Waals surface area contributed by atoms with Gasteiger partial charge in [0.25, 0.3) is 0 Å². The Bertz CT molecular complexity index is 1140. The first-order chi connectivity index (χ1) is 19.0. The van der Waals surface area contributed by atoms with Crippen molar-refractivity contribution in [3.05, 3.63) is 36.0 Å². The smallest absolute Gasteiger partial charge is 0.326 e. The third-order valence-electron chi connectivity index (χ3n) is 7.60. The van der Waals surface area contributed by atoms with Gasteiger partial charge in [0.05, 0.1) is 6.04 Å². The van der Waals surface area contributed by atoms with E-state index in [4.69, 9.17) is 11.5 Å². The van der Waals surface area contributed by atoms with Gasteiger partial charge in [0.1, 0.15) is 18.1 Å². The molecule has 40 heavy (non-hydrogen) atoms. The number of carbonyl (C=O) groups excluding carboxylic acids is 3. The highest BCUT2D eigenvalue weighted by molar-refractivity contribution is 5.94. The first-order valence-electron chi connectivity index (χ1n) is 14.2. The van der Waals surface area contributed by atoms with Crippen molar-refractivity contribution in [1.29, 1.82) is 0 Å². The van der Waals surface area contributed by atoms with Gasteiger partial charge in [-0.3, -0.25) is 14.4 Å². The summed E-state index contributed by atoms with van der Waals surface area (Å²) in [5.74, 6) is -3.28. The van der Waals surface area contributed by atoms with Gasteiger partial charge in [-0.1, -0.05) is 58.7 Å². The molecule has 3 amide bonds. The molecule has 0 aliphatic carbocycles. The fourth-order valence-corrected chi connectivity index (χ4v) is 4.55. The summed E-state index contributed by atoms with van der Waals surface area (Å²) in [7, 11) is 0. The zero-order valence-electron chi connectivity index (χ0n) is 24.0. The average molecular weight is 559 g/mol. The van der Waals surface area contributed by atoms with Gasteiger partial charge >= 0.3 is 5.97 Å². The van der Waals surface area contributed by atoms with Gasteiger partial charge in [-0.2, -0.15) is 0 Å². The number of para-hydroxylation sites is 1. The van der Waals surface area contributed by atoms with Crippen molar-refractivity contribution in [1.82, 2.24) is 20.9 Å². The summed E-state index contributed by atoms with van der Waals surface area (Å²) in [6.07, 6.45) is 4.78. The zero-order chi connectivity index (χ0) is 29.8. The van der Waals surface area contributed by atoms with Gasteiger partial charge in [0.15, 0.2) is 0 Å². The molecule has 0 bridgehead atoms. The molecule has 0 radical (unpaired) electrons. The van der Waals surface area contributed by atoms with E-state index in [-0.39, 0.29) is 18.3 Å². The largest absolute Gasteiger partial charge is 0.480 e. The number of H-pyrrole nitrogens is 1. The molecule has 9 N–H and O–H groups in total. The Kier molecular flexibility index (Phi) is 13.1. The molecule has 0 aliphatic rings. The molecule has 0 aliphatic heterocycles. The Morgan fingerprint density at radius 2 is 1.52 bits per heavy atom. The number of benzene rings is 1. The van der Waals surface area contributed by atoms with Gasteiger partial charge in [-0.15, -0.1) is 0 Å². The molecular formula is C29H46N6O5. The van der Waals surface area contributed by atoms with E-state index >= 15 is 0 Å². The molecule has 2 rings (SSSR count). The van der Waals surface area contributed by atoms with Crippen LogP contribution >= 0.6 is 0 Å². The number of rotatable bonds is 17. The minimum Gasteiger partial charge on any atom is -0.480 e. The van der Waals surface area contributed by atoms with E-state index in [1.807, 2.05) is 51.2 Å². The number of amides is 3. The summed E-state index contributed by atoms with van der Waals surface area (Å²) in [5, 5.41) is 18.7. The number of fused-ring (bicyclic) bond motifs is 1. The van der Waals surface area contributed by atoms with E-state index in [1.54, 1.807) is 6.92 Å². The van der Waals surface area contributed by atoms with Crippen molar-refractivity contribution < 1.29 is 24.3 Å². The van der Waals surface area contributed by atoms with Gasteiger partial charge in [0.2, 0.25) is 17.7 Å². The van der Waals surface area contributed by atoms with E-state index < -0.39 is 47.9 Å². The van der Waals surface area contributed by atoms with E-state index in [0.29, 0.717) is 38.6 Å². The molecule has 2 aromatic rings. The highest BCUT2D eigenvalue weighted by Crippen LogP contribution is 2.19. The molecule has 1 heterocycles. The Morgan fingerprint density at radius 3 is 2.15 bits per heavy atom. The summed E-state index contributed by atoms with van der Waals surface area (Å²) in [6, 6.07) is 3.83. The second-order valence-corrected chi connectivity index (χ2v) is 10.6. The summed E-state index contributed by atoms with van der Waals surface area (Å²) in [4.78, 5) is 54.7. The van der Waals surface area contributed by atoms with Crippen molar-refractivity contribution in [2.45, 2.75) is 90.4 Å². The van der Waals surface area contributed by atoms with E-state index in [2.05, 4.69) is 20.9 Å². The molecule has 6 atom stereocenters. The number of aromatic nitrogens is 1. The molecule has 222 valence electrons. The molecule has 0 spiro atoms. The van der Waals surface area contributed by atoms with E-state index in [1.165, 1.54) is 0 Å². The number of carboxylic acid groups (broad SMARTS) is 1. The maximum atomic E-state index is 13.4. The average Bonchev–Trinajstić information content (AvgIpc) is 3.35. The Labute approximate surface area is 236 Å². The maximum Gasteiger partial charge on any atom is 0.326 e. The lowest BCUT2D eigenvalue weighted by Crippen LogP contribution is -2.59. The van der Waals surface area contributed by atoms with Crippen LogP contribution < -0.4 is 27.4 Å². The Morgan fingerprint density at radius 1 is 0.900 bits per heavy atom. The second-order valence-electron chi connectivity index (χ2n) is 10.6. The summed E-state index contributed by atoms with van der Waals surface area (Å²) in [5.41, 5.74) is 13.7. The zero-order valence-corrected chi connectivity index (χ0v) is 24.0. The van der Waals surface area contributed by atoms with Crippen LogP contribution in [-0.4, -0.2) is 64.5 Å². The number of nitrogens with one attached hydrogen (secondary N) is 4. The summed E-state index contributed by atoms with van der Waals surface area (Å²) in [6.45, 7) is 7.72. The highest BCUT2D eigenvalue weighted by atomic mass is 16.4. The molecule has 11 nitrogen and oxygen atoms in total. The first-order valence-corrected chi connectivity index (χ1v) is 14.2. The predicted molar refractivity (Wildman–Crippen MR) is 155 cm³/mol. The predicted octanol–water partition coefficient (Wildman–Crippen LogP) is 1.80. The van der Waals surface area contributed by atoms with Crippen LogP contribution in [0.15, 0.2) is 30.5 Å². The number of carbonyl (C=O) groups is 4. The normalized spacial score (nSPS) is 15.8. The lowest BCUT2D eigenvalue weighted by molar-refractivity contribution is -0.144. The Balaban J connectivity index is 2.16. The highest BCUT2D eigenvalue weighted by Gasteiger charge is 2.34. The molecule has 0 saturated heterocycles.